The van der Waals surface area contributed by atoms with Crippen molar-refractivity contribution >= 4 is 23.7 Å². The summed E-state index contributed by atoms with van der Waals surface area (Å²) >= 11 is 0. The SMILES string of the molecule is C/C(=C\Cc1c(O)ccc(C(=O)/C=C/c2ccc(O)cc2)c1O)CC(=O)/C=C/c1ccc(O)cc1. The smallest absolute Gasteiger partial charge is 0.189 e. The number of ketones is 2. The molecule has 0 aliphatic heterocycles. The number of carbonyl (C=O) groups is 2. The van der Waals surface area contributed by atoms with Crippen LogP contribution in [0.15, 0.2) is 84.5 Å². The molecule has 0 saturated heterocycles. The Labute approximate surface area is 203 Å². The van der Waals surface area contributed by atoms with E-state index in [0.29, 0.717) is 5.56 Å². The van der Waals surface area contributed by atoms with Crippen LogP contribution in [0.5, 0.6) is 23.0 Å². The molecule has 0 radical (unpaired) electrons. The molecule has 0 aliphatic rings. The van der Waals surface area contributed by atoms with Gasteiger partial charge in [-0.15, -0.1) is 0 Å². The monoisotopic (exact) mass is 470 g/mol. The topological polar surface area (TPSA) is 115 Å². The summed E-state index contributed by atoms with van der Waals surface area (Å²) in [6.07, 6.45) is 8.01. The summed E-state index contributed by atoms with van der Waals surface area (Å²) < 4.78 is 0. The Morgan fingerprint density at radius 2 is 1.29 bits per heavy atom. The Balaban J connectivity index is 1.67. The molecule has 0 spiro atoms. The average molecular weight is 471 g/mol. The fraction of sp³-hybridized carbons (Fsp3) is 0.103. The van der Waals surface area contributed by atoms with Crippen molar-refractivity contribution in [3.8, 4) is 23.0 Å². The van der Waals surface area contributed by atoms with Gasteiger partial charge in [-0.1, -0.05) is 48.1 Å². The molecule has 0 atom stereocenters. The van der Waals surface area contributed by atoms with Gasteiger partial charge in [0, 0.05) is 12.0 Å². The van der Waals surface area contributed by atoms with Crippen LogP contribution in [-0.2, 0) is 11.2 Å². The third-order valence-electron chi connectivity index (χ3n) is 5.31. The van der Waals surface area contributed by atoms with Crippen LogP contribution in [0.25, 0.3) is 12.2 Å². The van der Waals surface area contributed by atoms with Gasteiger partial charge in [0.25, 0.3) is 0 Å². The van der Waals surface area contributed by atoms with E-state index in [0.717, 1.165) is 11.1 Å². The van der Waals surface area contributed by atoms with E-state index < -0.39 is 5.78 Å². The highest BCUT2D eigenvalue weighted by molar-refractivity contribution is 6.09. The Morgan fingerprint density at radius 3 is 1.86 bits per heavy atom. The third-order valence-corrected chi connectivity index (χ3v) is 5.31. The fourth-order valence-electron chi connectivity index (χ4n) is 3.33. The Hall–Kier alpha value is -4.58. The predicted molar refractivity (Wildman–Crippen MR) is 135 cm³/mol. The number of hydrogen-bond acceptors (Lipinski definition) is 6. The Kier molecular flexibility index (Phi) is 8.24. The minimum atomic E-state index is -0.438. The van der Waals surface area contributed by atoms with E-state index in [1.54, 1.807) is 49.4 Å². The van der Waals surface area contributed by atoms with Crippen LogP contribution >= 0.6 is 0 Å². The van der Waals surface area contributed by atoms with Gasteiger partial charge in [0.2, 0.25) is 0 Å². The standard InChI is InChI=1S/C29H26O6/c1-19(18-24(32)13-7-20-3-9-22(30)10-4-20)2-14-25-28(34)17-15-26(29(25)35)27(33)16-8-21-5-11-23(31)12-6-21/h2-13,15-17,30-31,34-35H,14,18H2,1H3/b13-7+,16-8+,19-2+. The largest absolute Gasteiger partial charge is 0.508 e. The molecule has 6 nitrogen and oxygen atoms in total. The van der Waals surface area contributed by atoms with Crippen molar-refractivity contribution in [2.75, 3.05) is 0 Å². The van der Waals surface area contributed by atoms with Crippen molar-refractivity contribution < 1.29 is 30.0 Å². The second kappa shape index (κ2) is 11.5. The molecule has 178 valence electrons. The van der Waals surface area contributed by atoms with E-state index in [2.05, 4.69) is 0 Å². The molecule has 4 N–H and O–H groups in total. The van der Waals surface area contributed by atoms with Gasteiger partial charge >= 0.3 is 0 Å². The van der Waals surface area contributed by atoms with Gasteiger partial charge in [-0.3, -0.25) is 9.59 Å². The van der Waals surface area contributed by atoms with Crippen LogP contribution in [0.4, 0.5) is 0 Å². The third kappa shape index (κ3) is 7.20. The van der Waals surface area contributed by atoms with Crippen molar-refractivity contribution in [2.24, 2.45) is 0 Å². The number of allylic oxidation sites excluding steroid dienone is 4. The van der Waals surface area contributed by atoms with Crippen LogP contribution in [0, 0.1) is 0 Å². The maximum atomic E-state index is 12.6. The van der Waals surface area contributed by atoms with Crippen molar-refractivity contribution in [1.29, 1.82) is 0 Å². The lowest BCUT2D eigenvalue weighted by molar-refractivity contribution is -0.113. The van der Waals surface area contributed by atoms with Crippen LogP contribution < -0.4 is 0 Å². The molecule has 0 saturated carbocycles. The molecule has 35 heavy (non-hydrogen) atoms. The van der Waals surface area contributed by atoms with Crippen LogP contribution in [-0.4, -0.2) is 32.0 Å². The van der Waals surface area contributed by atoms with Crippen LogP contribution in [0.1, 0.15) is 40.4 Å². The molecule has 0 aliphatic carbocycles. The molecule has 0 bridgehead atoms. The zero-order chi connectivity index (χ0) is 25.4. The summed E-state index contributed by atoms with van der Waals surface area (Å²) in [5.74, 6) is -0.752. The molecule has 6 heteroatoms. The Bertz CT molecular complexity index is 1300. The van der Waals surface area contributed by atoms with Gasteiger partial charge in [0.05, 0.1) is 5.56 Å². The van der Waals surface area contributed by atoms with Crippen LogP contribution in [0.2, 0.25) is 0 Å². The highest BCUT2D eigenvalue weighted by Crippen LogP contribution is 2.32. The quantitative estimate of drug-likeness (QED) is 0.185. The summed E-state index contributed by atoms with van der Waals surface area (Å²) in [5, 5.41) is 39.5. The summed E-state index contributed by atoms with van der Waals surface area (Å²) in [6.45, 7) is 1.77. The molecule has 0 fully saturated rings. The van der Waals surface area contributed by atoms with E-state index in [9.17, 15) is 30.0 Å². The van der Waals surface area contributed by atoms with Crippen LogP contribution in [0.3, 0.4) is 0 Å². The van der Waals surface area contributed by atoms with Gasteiger partial charge in [-0.05, 0) is 73.0 Å². The lowest BCUT2D eigenvalue weighted by atomic mass is 9.99. The zero-order valence-electron chi connectivity index (χ0n) is 19.2. The average Bonchev–Trinajstić information content (AvgIpc) is 2.83. The first-order chi connectivity index (χ1) is 16.7. The van der Waals surface area contributed by atoms with Gasteiger partial charge in [0.15, 0.2) is 11.6 Å². The second-order valence-electron chi connectivity index (χ2n) is 8.07. The number of carbonyl (C=O) groups excluding carboxylic acids is 2. The maximum absolute atomic E-state index is 12.6. The molecule has 3 rings (SSSR count). The fourth-order valence-corrected chi connectivity index (χ4v) is 3.33. The molecular weight excluding hydrogens is 444 g/mol. The van der Waals surface area contributed by atoms with Crippen molar-refractivity contribution in [3.63, 3.8) is 0 Å². The number of rotatable bonds is 9. The normalized spacial score (nSPS) is 11.9. The first-order valence-corrected chi connectivity index (χ1v) is 10.9. The summed E-state index contributed by atoms with van der Waals surface area (Å²) in [7, 11) is 0. The van der Waals surface area contributed by atoms with E-state index in [1.807, 2.05) is 0 Å². The van der Waals surface area contributed by atoms with Gasteiger partial charge in [-0.25, -0.2) is 0 Å². The van der Waals surface area contributed by atoms with E-state index in [4.69, 9.17) is 0 Å². The number of phenolic OH excluding ortho intramolecular Hbond substituents is 4. The number of aromatic hydroxyl groups is 4. The molecule has 0 unspecified atom stereocenters. The molecule has 0 aromatic heterocycles. The molecule has 0 amide bonds. The van der Waals surface area contributed by atoms with Gasteiger partial charge in [-0.2, -0.15) is 0 Å². The minimum Gasteiger partial charge on any atom is -0.508 e. The van der Waals surface area contributed by atoms with Crippen molar-refractivity contribution in [3.05, 3.63) is 107 Å². The van der Waals surface area contributed by atoms with E-state index >= 15 is 0 Å². The number of hydrogen-bond donors (Lipinski definition) is 4. The first kappa shape index (κ1) is 25.1. The number of phenols is 4. The van der Waals surface area contributed by atoms with Crippen molar-refractivity contribution in [2.45, 2.75) is 19.8 Å². The van der Waals surface area contributed by atoms with E-state index in [1.165, 1.54) is 48.6 Å². The highest BCUT2D eigenvalue weighted by Gasteiger charge is 2.15. The maximum Gasteiger partial charge on any atom is 0.189 e. The first-order valence-electron chi connectivity index (χ1n) is 10.9. The molecule has 3 aromatic rings. The second-order valence-corrected chi connectivity index (χ2v) is 8.07. The van der Waals surface area contributed by atoms with Gasteiger partial charge < -0.3 is 20.4 Å². The number of benzene rings is 3. The lowest BCUT2D eigenvalue weighted by Crippen LogP contribution is -1.99. The van der Waals surface area contributed by atoms with Crippen molar-refractivity contribution in [1.82, 2.24) is 0 Å². The zero-order valence-corrected chi connectivity index (χ0v) is 19.2. The lowest BCUT2D eigenvalue weighted by Gasteiger charge is -2.09. The minimum absolute atomic E-state index is 0.0480. The molecule has 0 heterocycles. The molecule has 3 aromatic carbocycles. The van der Waals surface area contributed by atoms with E-state index in [-0.39, 0.29) is 52.7 Å². The van der Waals surface area contributed by atoms with Gasteiger partial charge in [0.1, 0.15) is 23.0 Å². The summed E-state index contributed by atoms with van der Waals surface area (Å²) in [6, 6.07) is 15.5. The summed E-state index contributed by atoms with van der Waals surface area (Å²) in [5.41, 5.74) is 2.48. The predicted octanol–water partition coefficient (Wildman–Crippen LogP) is 5.57. The summed E-state index contributed by atoms with van der Waals surface area (Å²) in [4.78, 5) is 24.8. The Morgan fingerprint density at radius 1 is 0.743 bits per heavy atom. The highest BCUT2D eigenvalue weighted by atomic mass is 16.3. The molecular formula is C29H26O6.